The van der Waals surface area contributed by atoms with E-state index in [1.54, 1.807) is 0 Å². The van der Waals surface area contributed by atoms with E-state index in [4.69, 9.17) is 0 Å². The van der Waals surface area contributed by atoms with E-state index in [0.717, 1.165) is 30.6 Å². The monoisotopic (exact) mass is 334 g/mol. The summed E-state index contributed by atoms with van der Waals surface area (Å²) in [6.45, 7) is 2.52. The van der Waals surface area contributed by atoms with Gasteiger partial charge in [-0.15, -0.1) is 11.3 Å². The van der Waals surface area contributed by atoms with Crippen LogP contribution in [0.5, 0.6) is 0 Å². The summed E-state index contributed by atoms with van der Waals surface area (Å²) in [6, 6.07) is 0. The van der Waals surface area contributed by atoms with Gasteiger partial charge in [-0.05, 0) is 6.42 Å². The molecule has 120 valence electrons. The van der Waals surface area contributed by atoms with Gasteiger partial charge < -0.3 is 4.74 Å². The predicted octanol–water partition coefficient (Wildman–Crippen LogP) is 2.57. The average Bonchev–Trinajstić information content (AvgIpc) is 2.95. The molecule has 0 saturated heterocycles. The minimum atomic E-state index is -3.69. The number of methoxy groups -OCH3 is 1. The number of carbonyl (C=O) groups is 1. The standard InChI is InChI=1S/C13H22N2O4S2/c1-3-4-5-6-7-8-9-15-21(17,18)13-11(12(16)19-2)14-10-20-13/h10,15H,3-9H2,1-2H3. The highest BCUT2D eigenvalue weighted by molar-refractivity contribution is 7.91. The number of esters is 1. The number of unbranched alkanes of at least 4 members (excludes halogenated alkanes) is 5. The van der Waals surface area contributed by atoms with Crippen molar-refractivity contribution in [2.75, 3.05) is 13.7 Å². The van der Waals surface area contributed by atoms with Gasteiger partial charge in [0.25, 0.3) is 10.0 Å². The summed E-state index contributed by atoms with van der Waals surface area (Å²) in [6.07, 6.45) is 6.49. The molecule has 0 spiro atoms. The lowest BCUT2D eigenvalue weighted by Crippen LogP contribution is -2.25. The van der Waals surface area contributed by atoms with Crippen LogP contribution in [0.25, 0.3) is 0 Å². The zero-order valence-electron chi connectivity index (χ0n) is 12.4. The summed E-state index contributed by atoms with van der Waals surface area (Å²) in [7, 11) is -2.50. The quantitative estimate of drug-likeness (QED) is 0.525. The van der Waals surface area contributed by atoms with Crippen LogP contribution in [0, 0.1) is 0 Å². The zero-order valence-corrected chi connectivity index (χ0v) is 14.1. The molecule has 1 rings (SSSR count). The van der Waals surface area contributed by atoms with E-state index < -0.39 is 16.0 Å². The van der Waals surface area contributed by atoms with Crippen LogP contribution in [-0.4, -0.2) is 33.0 Å². The van der Waals surface area contributed by atoms with Crippen LogP contribution >= 0.6 is 11.3 Å². The molecule has 0 fully saturated rings. The summed E-state index contributed by atoms with van der Waals surface area (Å²) >= 11 is 0.913. The van der Waals surface area contributed by atoms with Gasteiger partial charge in [-0.1, -0.05) is 39.0 Å². The van der Waals surface area contributed by atoms with Gasteiger partial charge in [-0.3, -0.25) is 0 Å². The zero-order chi connectivity index (χ0) is 15.7. The summed E-state index contributed by atoms with van der Waals surface area (Å²) in [4.78, 5) is 15.2. The summed E-state index contributed by atoms with van der Waals surface area (Å²) in [5.41, 5.74) is 1.17. The fraction of sp³-hybridized carbons (Fsp3) is 0.692. The van der Waals surface area contributed by atoms with E-state index in [0.29, 0.717) is 6.54 Å². The lowest BCUT2D eigenvalue weighted by Gasteiger charge is -2.06. The molecule has 0 amide bonds. The fourth-order valence-corrected chi connectivity index (χ4v) is 4.09. The van der Waals surface area contributed by atoms with Crippen LogP contribution in [-0.2, 0) is 14.8 Å². The Bertz CT molecular complexity index is 540. The number of rotatable bonds is 10. The molecule has 0 aliphatic carbocycles. The molecule has 0 aromatic carbocycles. The molecular formula is C13H22N2O4S2. The Morgan fingerprint density at radius 1 is 1.29 bits per heavy atom. The van der Waals surface area contributed by atoms with Gasteiger partial charge in [0, 0.05) is 6.54 Å². The van der Waals surface area contributed by atoms with Crippen molar-refractivity contribution in [3.63, 3.8) is 0 Å². The first-order valence-corrected chi connectivity index (χ1v) is 9.40. The largest absolute Gasteiger partial charge is 0.464 e. The Labute approximate surface area is 130 Å². The number of hydrogen-bond donors (Lipinski definition) is 1. The van der Waals surface area contributed by atoms with Gasteiger partial charge in [0.1, 0.15) is 0 Å². The molecule has 0 saturated carbocycles. The second-order valence-electron chi connectivity index (χ2n) is 4.65. The van der Waals surface area contributed by atoms with Crippen molar-refractivity contribution in [1.82, 2.24) is 9.71 Å². The van der Waals surface area contributed by atoms with E-state index >= 15 is 0 Å². The molecule has 0 atom stereocenters. The van der Waals surface area contributed by atoms with Crippen molar-refractivity contribution >= 4 is 27.3 Å². The number of nitrogens with zero attached hydrogens (tertiary/aromatic N) is 1. The maximum absolute atomic E-state index is 12.1. The SMILES string of the molecule is CCCCCCCCNS(=O)(=O)c1scnc1C(=O)OC. The highest BCUT2D eigenvalue weighted by Gasteiger charge is 2.25. The molecule has 1 N–H and O–H groups in total. The second-order valence-corrected chi connectivity index (χ2v) is 7.46. The second kappa shape index (κ2) is 9.11. The summed E-state index contributed by atoms with van der Waals surface area (Å²) in [5.74, 6) is -0.740. The lowest BCUT2D eigenvalue weighted by atomic mass is 10.1. The summed E-state index contributed by atoms with van der Waals surface area (Å²) < 4.78 is 31.2. The topological polar surface area (TPSA) is 85.4 Å². The highest BCUT2D eigenvalue weighted by atomic mass is 32.2. The van der Waals surface area contributed by atoms with Crippen molar-refractivity contribution in [3.8, 4) is 0 Å². The maximum Gasteiger partial charge on any atom is 0.358 e. The molecule has 1 aromatic heterocycles. The third-order valence-corrected chi connectivity index (χ3v) is 5.81. The third kappa shape index (κ3) is 5.72. The van der Waals surface area contributed by atoms with Crippen LogP contribution in [0.15, 0.2) is 9.72 Å². The number of sulfonamides is 1. The number of aromatic nitrogens is 1. The molecule has 0 unspecified atom stereocenters. The Balaban J connectivity index is 2.47. The smallest absolute Gasteiger partial charge is 0.358 e. The van der Waals surface area contributed by atoms with Crippen molar-refractivity contribution < 1.29 is 17.9 Å². The molecule has 8 heteroatoms. The molecular weight excluding hydrogens is 312 g/mol. The highest BCUT2D eigenvalue weighted by Crippen LogP contribution is 2.20. The van der Waals surface area contributed by atoms with Crippen LogP contribution in [0.2, 0.25) is 0 Å². The van der Waals surface area contributed by atoms with Crippen LogP contribution in [0.3, 0.4) is 0 Å². The fourth-order valence-electron chi connectivity index (χ4n) is 1.84. The van der Waals surface area contributed by atoms with E-state index in [1.807, 2.05) is 0 Å². The van der Waals surface area contributed by atoms with Gasteiger partial charge in [0.2, 0.25) is 0 Å². The van der Waals surface area contributed by atoms with E-state index in [9.17, 15) is 13.2 Å². The summed E-state index contributed by atoms with van der Waals surface area (Å²) in [5, 5.41) is 0. The number of carbonyl (C=O) groups excluding carboxylic acids is 1. The van der Waals surface area contributed by atoms with Crippen molar-refractivity contribution in [2.45, 2.75) is 49.7 Å². The molecule has 0 aliphatic rings. The molecule has 1 heterocycles. The number of nitrogens with one attached hydrogen (secondary N) is 1. The maximum atomic E-state index is 12.1. The molecule has 0 bridgehead atoms. The lowest BCUT2D eigenvalue weighted by molar-refractivity contribution is 0.0590. The van der Waals surface area contributed by atoms with E-state index in [1.165, 1.54) is 31.9 Å². The first-order chi connectivity index (χ1) is 10.0. The van der Waals surface area contributed by atoms with Crippen molar-refractivity contribution in [2.24, 2.45) is 0 Å². The Morgan fingerprint density at radius 2 is 1.95 bits per heavy atom. The van der Waals surface area contributed by atoms with Gasteiger partial charge >= 0.3 is 5.97 Å². The predicted molar refractivity (Wildman–Crippen MR) is 82.0 cm³/mol. The molecule has 0 aliphatic heterocycles. The first kappa shape index (κ1) is 18.1. The Morgan fingerprint density at radius 3 is 2.62 bits per heavy atom. The normalized spacial score (nSPS) is 11.5. The van der Waals surface area contributed by atoms with Crippen LogP contribution < -0.4 is 4.72 Å². The van der Waals surface area contributed by atoms with E-state index in [-0.39, 0.29) is 9.90 Å². The van der Waals surface area contributed by atoms with Crippen LogP contribution in [0.4, 0.5) is 0 Å². The van der Waals surface area contributed by atoms with Crippen LogP contribution in [0.1, 0.15) is 55.9 Å². The Kier molecular flexibility index (Phi) is 7.84. The molecule has 6 nitrogen and oxygen atoms in total. The minimum Gasteiger partial charge on any atom is -0.464 e. The van der Waals surface area contributed by atoms with Gasteiger partial charge in [0.05, 0.1) is 12.6 Å². The van der Waals surface area contributed by atoms with Crippen molar-refractivity contribution in [1.29, 1.82) is 0 Å². The molecule has 0 radical (unpaired) electrons. The Hall–Kier alpha value is -0.990. The third-order valence-electron chi connectivity index (χ3n) is 2.98. The number of ether oxygens (including phenoxy) is 1. The van der Waals surface area contributed by atoms with Crippen molar-refractivity contribution in [3.05, 3.63) is 11.2 Å². The average molecular weight is 334 g/mol. The van der Waals surface area contributed by atoms with E-state index in [2.05, 4.69) is 21.4 Å². The van der Waals surface area contributed by atoms with Gasteiger partial charge in [-0.2, -0.15) is 0 Å². The molecule has 21 heavy (non-hydrogen) atoms. The molecule has 1 aromatic rings. The first-order valence-electron chi connectivity index (χ1n) is 7.04. The number of hydrogen-bond acceptors (Lipinski definition) is 6. The van der Waals surface area contributed by atoms with Gasteiger partial charge in [0.15, 0.2) is 9.90 Å². The number of thiazole rings is 1. The van der Waals surface area contributed by atoms with Gasteiger partial charge in [-0.25, -0.2) is 22.9 Å². The minimum absolute atomic E-state index is 0.0830.